The molecule has 11 fully saturated rings. The van der Waals surface area contributed by atoms with Crippen molar-refractivity contribution in [3.8, 4) is 0 Å². The van der Waals surface area contributed by atoms with Gasteiger partial charge in [-0.15, -0.1) is 0 Å². The number of nitrogens with one attached hydrogen (secondary N) is 5. The summed E-state index contributed by atoms with van der Waals surface area (Å²) in [7, 11) is -5.43. The summed E-state index contributed by atoms with van der Waals surface area (Å²) in [6.07, 6.45) is -111. The van der Waals surface area contributed by atoms with Gasteiger partial charge in [-0.1, -0.05) is 0 Å². The van der Waals surface area contributed by atoms with Crippen molar-refractivity contribution in [3.63, 3.8) is 0 Å². The average molecular weight is 2130 g/mol. The molecule has 0 aromatic carbocycles. The molecule has 0 spiro atoms. The first-order valence-corrected chi connectivity index (χ1v) is 46.9. The Labute approximate surface area is 814 Å². The minimum absolute atomic E-state index is 0.449. The van der Waals surface area contributed by atoms with Gasteiger partial charge in [-0.2, -0.15) is 0 Å². The molecule has 5 amide bonds. The minimum atomic E-state index is -5.43. The number of phosphoric acid groups is 1. The zero-order valence-corrected chi connectivity index (χ0v) is 78.2. The Morgan fingerprint density at radius 1 is 0.278 bits per heavy atom. The van der Waals surface area contributed by atoms with Crippen molar-refractivity contribution in [1.29, 1.82) is 0 Å². The minimum Gasteiger partial charge on any atom is -0.479 e. The molecule has 0 aromatic rings. The predicted molar refractivity (Wildman–Crippen MR) is 443 cm³/mol. The van der Waals surface area contributed by atoms with Crippen LogP contribution in [0.5, 0.6) is 0 Å². The van der Waals surface area contributed by atoms with Crippen LogP contribution in [-0.4, -0.2) is 593 Å². The molecule has 1 unspecified atom stereocenters. The summed E-state index contributed by atoms with van der Waals surface area (Å²) in [5.74, 6) is -6.95. The number of hydrogen-bond donors (Lipinski definition) is 35. The fraction of sp³-hybridized carbons (Fsp3) is 0.923. The number of carbonyl (C=O) groups is 6. The average Bonchev–Trinajstić information content (AvgIpc) is 0.767. The maximum Gasteiger partial charge on any atom is 0.472 e. The molecule has 832 valence electrons. The number of aliphatic hydroxyl groups is 27. The standard InChI is InChI=1S/C78H131N6O59P/c1-18-38(96)49(107)54(112)73(125-18)121-16-31-59(46(104)33(68(118)126-31)80-19(2)91)135-70-35(82-21(4)93)47(105)58(29(14-90)132-70)137-76-57(115)63(44(102)30(133-76)15-122-77-65(51(109)40(98)25(10-86)130-77)142-69-34(81-20(3)92)45(103)39(97)24(9-85)127-69)140-78-66(52(110)41(99)26(11-87)131-78)143-71-36(83-22(5)94)48(106)60(32(134-71)17-124-144(119,120)123-8-7-79)136-72-37(84-23(6)95)61(42(100)27(12-88)128-72)138-75-56(114)62(43(101)28(13-89)129-75)139-74-55(113)50(108)53(111)64(141-74)67(116)117/h18,24-66,68-78,85-90,96-115,118H,7-17,79H2,1-6H3,(H,80,91)(H,81,92)(H,82,93)(H,83,94)(H,84,95)(H,116,117)(H,119,120)/t18-,24+,25+,26+,27+,28+,29+,30+,31+,32+,33+,34+,35+,36+,37+,38+,39+,40+,41+,42-,43-,44+,45+,46+,47+,48+,49+,50-,51-,52-,53-,54-,55+,56+,57-,58+,59+,60+,61+,62-,63-,64-,65-,66-,68+,69-,70-,71-,72-,73+,74+,75-,76-,77-,78+/m0/s1. The molecular weight excluding hydrogens is 2000 g/mol. The molecule has 11 saturated heterocycles. The fourth-order valence-corrected chi connectivity index (χ4v) is 18.8. The van der Waals surface area contributed by atoms with Gasteiger partial charge >= 0.3 is 13.8 Å². The lowest BCUT2D eigenvalue weighted by Gasteiger charge is -2.52. The number of nitrogens with two attached hydrogens (primary N) is 1. The van der Waals surface area contributed by atoms with Crippen molar-refractivity contribution >= 4 is 43.3 Å². The van der Waals surface area contributed by atoms with Crippen LogP contribution in [0.15, 0.2) is 0 Å². The van der Waals surface area contributed by atoms with Gasteiger partial charge in [0.1, 0.15) is 256 Å². The summed E-state index contributed by atoms with van der Waals surface area (Å²) in [6.45, 7) is -6.28. The molecule has 0 bridgehead atoms. The van der Waals surface area contributed by atoms with E-state index in [-0.39, 0.29) is 0 Å². The third-order valence-electron chi connectivity index (χ3n) is 25.5. The number of ether oxygens (including phenoxy) is 21. The van der Waals surface area contributed by atoms with E-state index in [1.165, 1.54) is 6.92 Å². The highest BCUT2D eigenvalue weighted by Gasteiger charge is 2.64. The van der Waals surface area contributed by atoms with Gasteiger partial charge in [-0.3, -0.25) is 33.0 Å². The number of hydrogen-bond acceptors (Lipinski definition) is 58. The van der Waals surface area contributed by atoms with Crippen LogP contribution in [0.25, 0.3) is 0 Å². The van der Waals surface area contributed by atoms with Crippen molar-refractivity contribution in [2.75, 3.05) is 72.6 Å². The second-order valence-electron chi connectivity index (χ2n) is 35.8. The van der Waals surface area contributed by atoms with E-state index in [0.29, 0.717) is 0 Å². The van der Waals surface area contributed by atoms with Gasteiger partial charge in [0.15, 0.2) is 75.3 Å². The lowest BCUT2D eigenvalue weighted by atomic mass is 9.93. The smallest absolute Gasteiger partial charge is 0.472 e. The summed E-state index contributed by atoms with van der Waals surface area (Å²) in [5.41, 5.74) is 5.55. The number of carbonyl (C=O) groups excluding carboxylic acids is 5. The fourth-order valence-electron chi connectivity index (χ4n) is 18.0. The highest BCUT2D eigenvalue weighted by Crippen LogP contribution is 2.46. The van der Waals surface area contributed by atoms with Crippen molar-refractivity contribution in [2.24, 2.45) is 5.73 Å². The summed E-state index contributed by atoms with van der Waals surface area (Å²) in [4.78, 5) is 88.6. The first-order chi connectivity index (χ1) is 67.9. The molecule has 11 heterocycles. The zero-order valence-electron chi connectivity index (χ0n) is 77.3. The monoisotopic (exact) mass is 2130 g/mol. The number of rotatable bonds is 40. The Bertz CT molecular complexity index is 4130. The lowest BCUT2D eigenvalue weighted by Crippen LogP contribution is -2.71. The first-order valence-electron chi connectivity index (χ1n) is 45.4. The van der Waals surface area contributed by atoms with E-state index < -0.39 is 453 Å². The van der Waals surface area contributed by atoms with E-state index in [4.69, 9.17) is 114 Å². The van der Waals surface area contributed by atoms with Gasteiger partial charge in [0.25, 0.3) is 0 Å². The highest BCUT2D eigenvalue weighted by atomic mass is 31.2. The summed E-state index contributed by atoms with van der Waals surface area (Å²) >= 11 is 0. The number of aliphatic carboxylic acids is 1. The second-order valence-corrected chi connectivity index (χ2v) is 37.2. The normalized spacial score (nSPS) is 47.5. The Kier molecular flexibility index (Phi) is 43.1. The number of phosphoric ester groups is 1. The van der Waals surface area contributed by atoms with Crippen molar-refractivity contribution in [2.45, 2.75) is 379 Å². The van der Waals surface area contributed by atoms with E-state index >= 15 is 0 Å². The number of amides is 5. The number of carboxylic acid groups (broad SMARTS) is 1. The van der Waals surface area contributed by atoms with Gasteiger partial charge in [-0.25, -0.2) is 9.36 Å². The van der Waals surface area contributed by atoms with Crippen molar-refractivity contribution in [3.05, 3.63) is 0 Å². The maximum atomic E-state index is 13.7. The van der Waals surface area contributed by atoms with Gasteiger partial charge < -0.3 is 280 Å². The summed E-state index contributed by atoms with van der Waals surface area (Å²) in [5, 5.41) is 329. The van der Waals surface area contributed by atoms with Crippen LogP contribution in [0, 0.1) is 0 Å². The van der Waals surface area contributed by atoms with E-state index in [1.807, 2.05) is 0 Å². The van der Waals surface area contributed by atoms with Crippen LogP contribution in [0.3, 0.4) is 0 Å². The third kappa shape index (κ3) is 27.4. The lowest BCUT2D eigenvalue weighted by molar-refractivity contribution is -0.398. The summed E-state index contributed by atoms with van der Waals surface area (Å²) < 4.78 is 149. The van der Waals surface area contributed by atoms with Crippen LogP contribution in [0.4, 0.5) is 0 Å². The number of aliphatic hydroxyl groups excluding tert-OH is 27. The molecule has 11 aliphatic heterocycles. The topological polar surface area (TPSA) is 1000 Å². The molecule has 144 heavy (non-hydrogen) atoms. The molecule has 0 aliphatic carbocycles. The predicted octanol–water partition coefficient (Wildman–Crippen LogP) is -23.0. The van der Waals surface area contributed by atoms with Crippen LogP contribution < -0.4 is 32.3 Å². The highest BCUT2D eigenvalue weighted by molar-refractivity contribution is 7.47. The third-order valence-corrected chi connectivity index (χ3v) is 26.5. The van der Waals surface area contributed by atoms with Crippen LogP contribution in [0.2, 0.25) is 0 Å². The summed E-state index contributed by atoms with van der Waals surface area (Å²) in [6, 6.07) is -10.1. The molecule has 66 heteroatoms. The van der Waals surface area contributed by atoms with Crippen LogP contribution in [-0.2, 0) is 142 Å². The van der Waals surface area contributed by atoms with Crippen LogP contribution >= 0.6 is 7.82 Å². The molecule has 36 N–H and O–H groups in total. The van der Waals surface area contributed by atoms with E-state index in [9.17, 15) is 181 Å². The molecule has 0 aromatic heterocycles. The van der Waals surface area contributed by atoms with Gasteiger partial charge in [0.2, 0.25) is 29.5 Å². The Hall–Kier alpha value is -5.03. The Balaban J connectivity index is 0.943. The van der Waals surface area contributed by atoms with Gasteiger partial charge in [0.05, 0.1) is 72.2 Å². The molecule has 0 radical (unpaired) electrons. The number of carboxylic acids is 1. The first kappa shape index (κ1) is 119. The van der Waals surface area contributed by atoms with E-state index in [2.05, 4.69) is 26.6 Å². The van der Waals surface area contributed by atoms with Crippen LogP contribution in [0.1, 0.15) is 41.5 Å². The molecule has 56 atom stereocenters. The molecule has 65 nitrogen and oxygen atoms in total. The van der Waals surface area contributed by atoms with Crippen molar-refractivity contribution in [1.82, 2.24) is 26.6 Å². The quantitative estimate of drug-likeness (QED) is 0.0253. The molecule has 11 aliphatic rings. The molecule has 11 rings (SSSR count). The van der Waals surface area contributed by atoms with E-state index in [0.717, 1.165) is 34.6 Å². The second kappa shape index (κ2) is 52.1. The van der Waals surface area contributed by atoms with Gasteiger partial charge in [-0.05, 0) is 6.92 Å². The van der Waals surface area contributed by atoms with Gasteiger partial charge in [0, 0.05) is 41.2 Å². The largest absolute Gasteiger partial charge is 0.479 e. The van der Waals surface area contributed by atoms with Crippen molar-refractivity contribution < 1.29 is 290 Å². The Morgan fingerprint density at radius 2 is 0.597 bits per heavy atom. The maximum absolute atomic E-state index is 13.7. The zero-order chi connectivity index (χ0) is 106. The Morgan fingerprint density at radius 3 is 1.08 bits per heavy atom. The molecular formula is C78H131N6O59P. The SMILES string of the molecule is CC(=O)N[C@@H]1[C@@H](O)[C@H](O[C@@H]2O[C@H](CO)[C@@H](O[C@@H]3O[C@H](CO[C@H]4O[C@H](CO)[C@@H](O)[C@H](O)[C@@H]4O[C@@H]4O[C@H](CO)[C@@H](O)[C@H](O)[C@H]4NC(C)=O)[C@@H](O)[C@H](O[C@H]4O[C@H](CO)[C@@H](O)[C@H](O)[C@@H]4O[C@@H]4O[C@H](COP(=O)(O)OCCN)[C@@H](O[C@@H]5O[C@H](CO)[C@H](O)[C@H](O[C@@H]6O[C@H](CO)[C@H](O)[C@H](O[C@@H]7O[C@H](C(=O)O)[C@@H](O)[C@H](O)[C@H]7O)[C@H]6O)[C@H]5NC(C)=O)[C@H](O)[C@H]4NC(C)=O)[C@@H]3O)[C@H](O)[C@H]2NC(C)=O)[C@@H](CO[C@@H]2O[C@@H](C)[C@@H](O)[C@@H](O)[C@@H]2O)O[C@H]1O. The van der Waals surface area contributed by atoms with E-state index in [1.54, 1.807) is 0 Å². The molecule has 0 saturated carbocycles.